The number of ether oxygens (including phenoxy) is 2. The molecule has 2 atom stereocenters. The molecule has 3 amide bonds. The van der Waals surface area contributed by atoms with Crippen LogP contribution in [0.15, 0.2) is 12.1 Å². The molecule has 32 heavy (non-hydrogen) atoms. The lowest BCUT2D eigenvalue weighted by molar-refractivity contribution is -0.159. The van der Waals surface area contributed by atoms with Gasteiger partial charge in [-0.1, -0.05) is 11.6 Å². The molecule has 176 valence electrons. The minimum absolute atomic E-state index is 0.0228. The minimum atomic E-state index is -0.525. The molecule has 1 aromatic rings. The lowest BCUT2D eigenvalue weighted by atomic mass is 9.97. The third kappa shape index (κ3) is 5.71. The number of piperidine rings is 1. The number of nitrogens with zero attached hydrogens (tertiary/aromatic N) is 2. The highest BCUT2D eigenvalue weighted by molar-refractivity contribution is 6.31. The summed E-state index contributed by atoms with van der Waals surface area (Å²) >= 11 is 5.96. The van der Waals surface area contributed by atoms with Gasteiger partial charge in [0.1, 0.15) is 5.82 Å². The highest BCUT2D eigenvalue weighted by Gasteiger charge is 2.36. The molecule has 0 bridgehead atoms. The number of nitrogens with one attached hydrogen (secondary N) is 1. The molecule has 0 aromatic heterocycles. The summed E-state index contributed by atoms with van der Waals surface area (Å²) in [5, 5.41) is 3.24. The van der Waals surface area contributed by atoms with Gasteiger partial charge >= 0.3 is 6.03 Å². The molecular weight excluding hydrogens is 437 g/mol. The lowest BCUT2D eigenvalue weighted by Gasteiger charge is -2.37. The van der Waals surface area contributed by atoms with Gasteiger partial charge in [0, 0.05) is 42.8 Å². The summed E-state index contributed by atoms with van der Waals surface area (Å²) in [6.45, 7) is 5.10. The zero-order chi connectivity index (χ0) is 22.7. The Morgan fingerprint density at radius 3 is 2.81 bits per heavy atom. The lowest BCUT2D eigenvalue weighted by Crippen LogP contribution is -2.51. The van der Waals surface area contributed by atoms with Crippen LogP contribution in [0, 0.1) is 18.7 Å². The number of halogens is 2. The van der Waals surface area contributed by atoms with Crippen molar-refractivity contribution in [2.24, 2.45) is 5.92 Å². The van der Waals surface area contributed by atoms with E-state index in [4.69, 9.17) is 21.1 Å². The van der Waals surface area contributed by atoms with Crippen LogP contribution in [0.1, 0.15) is 36.8 Å². The summed E-state index contributed by atoms with van der Waals surface area (Å²) in [5.41, 5.74) is 1.19. The Kier molecular flexibility index (Phi) is 7.53. The van der Waals surface area contributed by atoms with Crippen molar-refractivity contribution >= 4 is 23.5 Å². The number of carbonyl (C=O) groups is 2. The Balaban J connectivity index is 1.33. The first-order chi connectivity index (χ1) is 15.4. The van der Waals surface area contributed by atoms with Gasteiger partial charge in [-0.25, -0.2) is 9.18 Å². The number of urea groups is 1. The average molecular weight is 468 g/mol. The van der Waals surface area contributed by atoms with Crippen LogP contribution in [0.2, 0.25) is 5.02 Å². The summed E-state index contributed by atoms with van der Waals surface area (Å²) in [4.78, 5) is 29.4. The predicted molar refractivity (Wildman–Crippen MR) is 118 cm³/mol. The molecule has 1 aromatic carbocycles. The Morgan fingerprint density at radius 2 is 2.09 bits per heavy atom. The van der Waals surface area contributed by atoms with Gasteiger partial charge in [-0.05, 0) is 56.2 Å². The van der Waals surface area contributed by atoms with E-state index in [0.717, 1.165) is 31.2 Å². The van der Waals surface area contributed by atoms with E-state index < -0.39 is 11.9 Å². The van der Waals surface area contributed by atoms with Gasteiger partial charge in [0.15, 0.2) is 6.10 Å². The monoisotopic (exact) mass is 467 g/mol. The quantitative estimate of drug-likeness (QED) is 0.697. The zero-order valence-electron chi connectivity index (χ0n) is 18.4. The second-order valence-corrected chi connectivity index (χ2v) is 9.37. The smallest absolute Gasteiger partial charge is 0.317 e. The first kappa shape index (κ1) is 23.3. The largest absolute Gasteiger partial charge is 0.376 e. The fraction of sp³-hybridized carbons (Fsp3) is 0.652. The second-order valence-electron chi connectivity index (χ2n) is 8.96. The van der Waals surface area contributed by atoms with Crippen LogP contribution in [0.4, 0.5) is 9.18 Å². The first-order valence-electron chi connectivity index (χ1n) is 11.4. The molecule has 3 aliphatic rings. The van der Waals surface area contributed by atoms with E-state index in [-0.39, 0.29) is 30.4 Å². The molecule has 1 aliphatic carbocycles. The van der Waals surface area contributed by atoms with Crippen LogP contribution < -0.4 is 5.32 Å². The van der Waals surface area contributed by atoms with Gasteiger partial charge < -0.3 is 24.6 Å². The minimum Gasteiger partial charge on any atom is -0.376 e. The summed E-state index contributed by atoms with van der Waals surface area (Å²) < 4.78 is 25.1. The molecule has 0 spiro atoms. The van der Waals surface area contributed by atoms with Crippen LogP contribution in [0.25, 0.3) is 0 Å². The van der Waals surface area contributed by atoms with E-state index in [0.29, 0.717) is 50.0 Å². The highest BCUT2D eigenvalue weighted by atomic mass is 35.5. The fourth-order valence-corrected chi connectivity index (χ4v) is 4.59. The van der Waals surface area contributed by atoms with Crippen molar-refractivity contribution in [1.29, 1.82) is 0 Å². The van der Waals surface area contributed by atoms with Crippen molar-refractivity contribution in [3.05, 3.63) is 34.1 Å². The summed E-state index contributed by atoms with van der Waals surface area (Å²) in [7, 11) is 0. The molecule has 2 aliphatic heterocycles. The molecule has 0 radical (unpaired) electrons. The van der Waals surface area contributed by atoms with Gasteiger partial charge in [0.25, 0.3) is 5.91 Å². The van der Waals surface area contributed by atoms with Crippen LogP contribution in [0.5, 0.6) is 0 Å². The second kappa shape index (κ2) is 10.4. The summed E-state index contributed by atoms with van der Waals surface area (Å²) in [6, 6.07) is 2.98. The maximum Gasteiger partial charge on any atom is 0.317 e. The summed E-state index contributed by atoms with van der Waals surface area (Å²) in [6.07, 6.45) is 3.30. The number of hydrogen-bond acceptors (Lipinski definition) is 4. The van der Waals surface area contributed by atoms with Crippen LogP contribution >= 0.6 is 11.6 Å². The molecule has 2 saturated heterocycles. The number of rotatable bonds is 6. The molecule has 4 rings (SSSR count). The van der Waals surface area contributed by atoms with E-state index >= 15 is 0 Å². The molecule has 7 nitrogen and oxygen atoms in total. The summed E-state index contributed by atoms with van der Waals surface area (Å²) in [5.74, 6) is -0.238. The van der Waals surface area contributed by atoms with Crippen molar-refractivity contribution < 1.29 is 23.5 Å². The Morgan fingerprint density at radius 1 is 1.28 bits per heavy atom. The molecule has 9 heteroatoms. The first-order valence-corrected chi connectivity index (χ1v) is 11.8. The fourth-order valence-electron chi connectivity index (χ4n) is 4.44. The number of hydrogen-bond donors (Lipinski definition) is 1. The van der Waals surface area contributed by atoms with Crippen molar-refractivity contribution in [3.63, 3.8) is 0 Å². The van der Waals surface area contributed by atoms with Gasteiger partial charge in [-0.15, -0.1) is 0 Å². The Hall–Kier alpha value is -1.90. The van der Waals surface area contributed by atoms with E-state index in [2.05, 4.69) is 5.32 Å². The molecule has 1 saturated carbocycles. The molecular formula is C23H31ClFN3O4. The predicted octanol–water partition coefficient (Wildman–Crippen LogP) is 3.12. The maximum atomic E-state index is 14.2. The third-order valence-corrected chi connectivity index (χ3v) is 6.79. The Labute approximate surface area is 193 Å². The number of amides is 3. The molecule has 1 N–H and O–H groups in total. The van der Waals surface area contributed by atoms with Crippen molar-refractivity contribution in [1.82, 2.24) is 15.1 Å². The average Bonchev–Trinajstić information content (AvgIpc) is 3.64. The van der Waals surface area contributed by atoms with Crippen LogP contribution in [-0.4, -0.2) is 73.3 Å². The number of benzene rings is 1. The van der Waals surface area contributed by atoms with E-state index in [9.17, 15) is 14.0 Å². The van der Waals surface area contributed by atoms with Crippen LogP contribution in [-0.2, 0) is 20.8 Å². The van der Waals surface area contributed by atoms with E-state index in [1.165, 1.54) is 6.07 Å². The molecule has 2 heterocycles. The van der Waals surface area contributed by atoms with E-state index in [1.54, 1.807) is 6.07 Å². The van der Waals surface area contributed by atoms with Gasteiger partial charge in [0.05, 0.1) is 19.8 Å². The highest BCUT2D eigenvalue weighted by Crippen LogP contribution is 2.30. The third-order valence-electron chi connectivity index (χ3n) is 6.38. The topological polar surface area (TPSA) is 71.1 Å². The molecule has 3 fully saturated rings. The van der Waals surface area contributed by atoms with Gasteiger partial charge in [0.2, 0.25) is 0 Å². The van der Waals surface area contributed by atoms with Crippen molar-refractivity contribution in [2.45, 2.75) is 51.3 Å². The van der Waals surface area contributed by atoms with Crippen molar-refractivity contribution in [2.75, 3.05) is 39.5 Å². The standard InChI is InChI=1S/C23H31ClFN3O4/c1-15-9-17(20(25)10-19(15)24)11-26-23(30)28(18-4-5-18)13-16-3-2-6-27(12-16)22(29)21-14-31-7-8-32-21/h9-10,16,18,21H,2-8,11-14H2,1H3,(H,26,30)/t16-,21+/m1/s1. The van der Waals surface area contributed by atoms with Crippen molar-refractivity contribution in [3.8, 4) is 0 Å². The number of carbonyl (C=O) groups excluding carboxylic acids is 2. The van der Waals surface area contributed by atoms with Gasteiger partial charge in [-0.2, -0.15) is 0 Å². The number of likely N-dealkylation sites (tertiary alicyclic amines) is 1. The van der Waals surface area contributed by atoms with Crippen LogP contribution in [0.3, 0.4) is 0 Å². The van der Waals surface area contributed by atoms with E-state index in [1.807, 2.05) is 16.7 Å². The SMILES string of the molecule is Cc1cc(CNC(=O)N(C[C@@H]2CCCN(C(=O)[C@@H]3COCCO3)C2)C2CC2)c(F)cc1Cl. The molecule has 0 unspecified atom stereocenters. The zero-order valence-corrected chi connectivity index (χ0v) is 19.2. The Bertz CT molecular complexity index is 845. The number of aryl methyl sites for hydroxylation is 1. The maximum absolute atomic E-state index is 14.2. The van der Waals surface area contributed by atoms with Gasteiger partial charge in [-0.3, -0.25) is 4.79 Å². The normalized spacial score (nSPS) is 23.7.